The normalized spacial score (nSPS) is 13.6. The van der Waals surface area contributed by atoms with Gasteiger partial charge in [-0.1, -0.05) is 90.4 Å². The summed E-state index contributed by atoms with van der Waals surface area (Å²) in [7, 11) is 0. The lowest BCUT2D eigenvalue weighted by Gasteiger charge is -2.22. The summed E-state index contributed by atoms with van der Waals surface area (Å²) in [4.78, 5) is 0. The average molecular weight is 440 g/mol. The maximum atomic E-state index is 3.67. The molecule has 0 fully saturated rings. The molecule has 0 amide bonds. The first-order chi connectivity index (χ1) is 14.0. The van der Waals surface area contributed by atoms with Crippen LogP contribution in [0, 0.1) is 0 Å². The molecule has 1 aliphatic rings. The molecular formula is C27H22BrN. The van der Waals surface area contributed by atoms with Crippen molar-refractivity contribution in [2.24, 2.45) is 0 Å². The smallest absolute Gasteiger partial charge is 0.0463 e. The van der Waals surface area contributed by atoms with E-state index in [1.54, 1.807) is 0 Å². The fraction of sp³-hybridized carbons (Fsp3) is 0.111. The van der Waals surface area contributed by atoms with Gasteiger partial charge in [0, 0.05) is 26.8 Å². The summed E-state index contributed by atoms with van der Waals surface area (Å²) in [6.07, 6.45) is 0. The first kappa shape index (κ1) is 18.2. The second kappa shape index (κ2) is 6.89. The van der Waals surface area contributed by atoms with Crippen LogP contribution in [0.2, 0.25) is 0 Å². The average Bonchev–Trinajstić information content (AvgIpc) is 2.96. The minimum absolute atomic E-state index is 0.0227. The Hall–Kier alpha value is -2.84. The Morgan fingerprint density at radius 1 is 0.655 bits per heavy atom. The van der Waals surface area contributed by atoms with Crippen LogP contribution in [0.5, 0.6) is 0 Å². The molecule has 5 rings (SSSR count). The van der Waals surface area contributed by atoms with Crippen molar-refractivity contribution in [1.82, 2.24) is 0 Å². The SMILES string of the molecule is CC1(C)c2cc(Br)ccc2-c2ccc(Nc3ccccc3-c3ccccc3)cc21. The van der Waals surface area contributed by atoms with Crippen LogP contribution in [-0.2, 0) is 5.41 Å². The van der Waals surface area contributed by atoms with Crippen LogP contribution in [0.1, 0.15) is 25.0 Å². The number of para-hydroxylation sites is 1. The van der Waals surface area contributed by atoms with Crippen molar-refractivity contribution in [3.8, 4) is 22.3 Å². The van der Waals surface area contributed by atoms with Crippen LogP contribution in [0.15, 0.2) is 95.5 Å². The number of rotatable bonds is 3. The number of hydrogen-bond acceptors (Lipinski definition) is 1. The third-order valence-electron chi connectivity index (χ3n) is 5.93. The topological polar surface area (TPSA) is 12.0 Å². The van der Waals surface area contributed by atoms with Crippen LogP contribution in [0.4, 0.5) is 11.4 Å². The maximum Gasteiger partial charge on any atom is 0.0463 e. The van der Waals surface area contributed by atoms with Crippen LogP contribution in [0.25, 0.3) is 22.3 Å². The zero-order valence-corrected chi connectivity index (χ0v) is 18.1. The minimum atomic E-state index is -0.0227. The van der Waals surface area contributed by atoms with Crippen molar-refractivity contribution in [2.75, 3.05) is 5.32 Å². The molecule has 4 aromatic carbocycles. The van der Waals surface area contributed by atoms with Crippen molar-refractivity contribution in [1.29, 1.82) is 0 Å². The van der Waals surface area contributed by atoms with Crippen molar-refractivity contribution in [2.45, 2.75) is 19.3 Å². The van der Waals surface area contributed by atoms with Gasteiger partial charge in [-0.2, -0.15) is 0 Å². The Bertz CT molecular complexity index is 1210. The van der Waals surface area contributed by atoms with Crippen molar-refractivity contribution in [3.05, 3.63) is 107 Å². The predicted octanol–water partition coefficient (Wildman–Crippen LogP) is 8.17. The van der Waals surface area contributed by atoms with E-state index in [9.17, 15) is 0 Å². The highest BCUT2D eigenvalue weighted by atomic mass is 79.9. The molecule has 2 heteroatoms. The molecule has 0 atom stereocenters. The molecule has 0 saturated carbocycles. The van der Waals surface area contributed by atoms with E-state index in [0.29, 0.717) is 0 Å². The van der Waals surface area contributed by atoms with E-state index in [1.807, 2.05) is 0 Å². The number of anilines is 2. The fourth-order valence-electron chi connectivity index (χ4n) is 4.40. The van der Waals surface area contributed by atoms with Crippen molar-refractivity contribution < 1.29 is 0 Å². The maximum absolute atomic E-state index is 3.67. The Morgan fingerprint density at radius 2 is 1.31 bits per heavy atom. The Balaban J connectivity index is 1.56. The third kappa shape index (κ3) is 3.08. The molecule has 4 aromatic rings. The second-order valence-corrected chi connectivity index (χ2v) is 9.03. The zero-order valence-electron chi connectivity index (χ0n) is 16.5. The molecule has 0 saturated heterocycles. The molecule has 1 nitrogen and oxygen atoms in total. The molecular weight excluding hydrogens is 418 g/mol. The van der Waals surface area contributed by atoms with Crippen LogP contribution in [0.3, 0.4) is 0 Å². The summed E-state index contributed by atoms with van der Waals surface area (Å²) >= 11 is 3.64. The summed E-state index contributed by atoms with van der Waals surface area (Å²) in [6, 6.07) is 32.4. The Kier molecular flexibility index (Phi) is 4.33. The fourth-order valence-corrected chi connectivity index (χ4v) is 4.77. The molecule has 0 bridgehead atoms. The van der Waals surface area contributed by atoms with Gasteiger partial charge in [0.05, 0.1) is 0 Å². The van der Waals surface area contributed by atoms with E-state index in [4.69, 9.17) is 0 Å². The molecule has 0 unspecified atom stereocenters. The number of halogens is 1. The highest BCUT2D eigenvalue weighted by Gasteiger charge is 2.35. The van der Waals surface area contributed by atoms with Gasteiger partial charge in [-0.25, -0.2) is 0 Å². The molecule has 0 aliphatic heterocycles. The second-order valence-electron chi connectivity index (χ2n) is 8.11. The first-order valence-corrected chi connectivity index (χ1v) is 10.7. The number of fused-ring (bicyclic) bond motifs is 3. The molecule has 1 N–H and O–H groups in total. The van der Waals surface area contributed by atoms with Crippen molar-refractivity contribution >= 4 is 27.3 Å². The number of nitrogens with one attached hydrogen (secondary N) is 1. The molecule has 142 valence electrons. The molecule has 0 spiro atoms. The van der Waals surface area contributed by atoms with E-state index in [1.165, 1.54) is 33.4 Å². The van der Waals surface area contributed by atoms with Gasteiger partial charge in [-0.05, 0) is 58.1 Å². The Morgan fingerprint density at radius 3 is 2.10 bits per heavy atom. The lowest BCUT2D eigenvalue weighted by atomic mass is 9.82. The van der Waals surface area contributed by atoms with Crippen LogP contribution < -0.4 is 5.32 Å². The lowest BCUT2D eigenvalue weighted by Crippen LogP contribution is -2.15. The first-order valence-electron chi connectivity index (χ1n) is 9.90. The van der Waals surface area contributed by atoms with Crippen LogP contribution >= 0.6 is 15.9 Å². The quantitative estimate of drug-likeness (QED) is 0.339. The molecule has 0 heterocycles. The van der Waals surface area contributed by atoms with Gasteiger partial charge >= 0.3 is 0 Å². The zero-order chi connectivity index (χ0) is 20.0. The van der Waals surface area contributed by atoms with E-state index < -0.39 is 0 Å². The van der Waals surface area contributed by atoms with E-state index >= 15 is 0 Å². The lowest BCUT2D eigenvalue weighted by molar-refractivity contribution is 0.660. The molecule has 0 radical (unpaired) electrons. The third-order valence-corrected chi connectivity index (χ3v) is 6.42. The van der Waals surface area contributed by atoms with Gasteiger partial charge in [-0.3, -0.25) is 0 Å². The van der Waals surface area contributed by atoms with Gasteiger partial charge in [0.2, 0.25) is 0 Å². The molecule has 1 aliphatic carbocycles. The van der Waals surface area contributed by atoms with Crippen molar-refractivity contribution in [3.63, 3.8) is 0 Å². The summed E-state index contributed by atoms with van der Waals surface area (Å²) < 4.78 is 1.13. The monoisotopic (exact) mass is 439 g/mol. The number of benzene rings is 4. The van der Waals surface area contributed by atoms with Gasteiger partial charge in [0.15, 0.2) is 0 Å². The van der Waals surface area contributed by atoms with Gasteiger partial charge in [0.25, 0.3) is 0 Å². The minimum Gasteiger partial charge on any atom is -0.355 e. The van der Waals surface area contributed by atoms with Crippen LogP contribution in [-0.4, -0.2) is 0 Å². The summed E-state index contributed by atoms with van der Waals surface area (Å²) in [5.41, 5.74) is 10.1. The van der Waals surface area contributed by atoms with E-state index in [-0.39, 0.29) is 5.41 Å². The largest absolute Gasteiger partial charge is 0.355 e. The molecule has 29 heavy (non-hydrogen) atoms. The highest BCUT2D eigenvalue weighted by Crippen LogP contribution is 2.50. The van der Waals surface area contributed by atoms with Gasteiger partial charge in [0.1, 0.15) is 0 Å². The predicted molar refractivity (Wildman–Crippen MR) is 127 cm³/mol. The van der Waals surface area contributed by atoms with Gasteiger partial charge in [-0.15, -0.1) is 0 Å². The summed E-state index contributed by atoms with van der Waals surface area (Å²) in [6.45, 7) is 4.62. The summed E-state index contributed by atoms with van der Waals surface area (Å²) in [5, 5.41) is 3.67. The Labute approximate surface area is 180 Å². The summed E-state index contributed by atoms with van der Waals surface area (Å²) in [5.74, 6) is 0. The molecule has 0 aromatic heterocycles. The highest BCUT2D eigenvalue weighted by molar-refractivity contribution is 9.10. The van der Waals surface area contributed by atoms with E-state index in [0.717, 1.165) is 15.8 Å². The standard InChI is InChI=1S/C27H22BrN/c1-27(2)24-16-19(28)12-14-22(24)23-15-13-20(17-25(23)27)29-26-11-7-6-10-21(26)18-8-4-3-5-9-18/h3-17,29H,1-2H3. The van der Waals surface area contributed by atoms with E-state index in [2.05, 4.69) is 126 Å². The van der Waals surface area contributed by atoms with Gasteiger partial charge < -0.3 is 5.32 Å². The number of hydrogen-bond donors (Lipinski definition) is 1.